The number of nitrogens with zero attached hydrogens (tertiary/aromatic N) is 2. The van der Waals surface area contributed by atoms with Gasteiger partial charge < -0.3 is 19.1 Å². The van der Waals surface area contributed by atoms with E-state index in [-0.39, 0.29) is 24.3 Å². The highest BCUT2D eigenvalue weighted by atomic mass is 16.7. The minimum atomic E-state index is -0.548. The van der Waals surface area contributed by atoms with Gasteiger partial charge in [0.25, 0.3) is 5.91 Å². The highest BCUT2D eigenvalue weighted by Crippen LogP contribution is 2.40. The van der Waals surface area contributed by atoms with Gasteiger partial charge in [-0.05, 0) is 56.0 Å². The Morgan fingerprint density at radius 3 is 2.42 bits per heavy atom. The first-order valence-electron chi connectivity index (χ1n) is 11.4. The Morgan fingerprint density at radius 2 is 1.76 bits per heavy atom. The summed E-state index contributed by atoms with van der Waals surface area (Å²) in [5, 5.41) is 0. The highest BCUT2D eigenvalue weighted by molar-refractivity contribution is 6.09. The van der Waals surface area contributed by atoms with E-state index in [0.29, 0.717) is 30.8 Å². The first-order valence-corrected chi connectivity index (χ1v) is 11.4. The quantitative estimate of drug-likeness (QED) is 0.652. The zero-order valence-electron chi connectivity index (χ0n) is 19.5. The van der Waals surface area contributed by atoms with Crippen LogP contribution in [0.25, 0.3) is 0 Å². The Bertz CT molecular complexity index is 1070. The molecule has 2 amide bonds. The van der Waals surface area contributed by atoms with Crippen LogP contribution in [0.15, 0.2) is 54.5 Å². The number of ether oxygens (including phenoxy) is 3. The SMILES string of the molecule is CCOC(=O)N1c2cc(C)c(C)cc2N(C(=O)C2=COC(Cc3ccccc3)O2)CC1CC. The molecule has 174 valence electrons. The summed E-state index contributed by atoms with van der Waals surface area (Å²) in [6.07, 6.45) is 1.66. The highest BCUT2D eigenvalue weighted by Gasteiger charge is 2.40. The summed E-state index contributed by atoms with van der Waals surface area (Å²) in [5.74, 6) is -0.114. The predicted octanol–water partition coefficient (Wildman–Crippen LogP) is 4.85. The molecule has 2 aliphatic heterocycles. The molecule has 0 aromatic heterocycles. The third-order valence-electron chi connectivity index (χ3n) is 6.12. The number of aryl methyl sites for hydroxylation is 2. The van der Waals surface area contributed by atoms with Crippen molar-refractivity contribution >= 4 is 23.4 Å². The molecule has 33 heavy (non-hydrogen) atoms. The molecule has 0 saturated heterocycles. The van der Waals surface area contributed by atoms with Gasteiger partial charge in [0.1, 0.15) is 6.26 Å². The smallest absolute Gasteiger partial charge is 0.414 e. The normalized spacial score (nSPS) is 19.3. The number of anilines is 2. The molecule has 7 heteroatoms. The van der Waals surface area contributed by atoms with E-state index >= 15 is 0 Å². The lowest BCUT2D eigenvalue weighted by molar-refractivity contribution is -0.121. The number of hydrogen-bond acceptors (Lipinski definition) is 5. The maximum absolute atomic E-state index is 13.5. The Labute approximate surface area is 194 Å². The molecule has 0 radical (unpaired) electrons. The van der Waals surface area contributed by atoms with Crippen LogP contribution in [-0.4, -0.2) is 37.5 Å². The van der Waals surface area contributed by atoms with Crippen molar-refractivity contribution in [3.63, 3.8) is 0 Å². The van der Waals surface area contributed by atoms with Crippen LogP contribution in [-0.2, 0) is 25.4 Å². The van der Waals surface area contributed by atoms with Crippen LogP contribution in [0.3, 0.4) is 0 Å². The monoisotopic (exact) mass is 450 g/mol. The maximum atomic E-state index is 13.5. The number of benzene rings is 2. The summed E-state index contributed by atoms with van der Waals surface area (Å²) >= 11 is 0. The topological polar surface area (TPSA) is 68.3 Å². The summed E-state index contributed by atoms with van der Waals surface area (Å²) in [5.41, 5.74) is 4.47. The van der Waals surface area contributed by atoms with Gasteiger partial charge in [-0.25, -0.2) is 4.79 Å². The van der Waals surface area contributed by atoms with Gasteiger partial charge in [0.05, 0.1) is 24.0 Å². The third kappa shape index (κ3) is 4.53. The van der Waals surface area contributed by atoms with Crippen LogP contribution in [0.2, 0.25) is 0 Å². The molecule has 0 N–H and O–H groups in total. The number of carbonyl (C=O) groups excluding carboxylic acids is 2. The molecule has 2 heterocycles. The van der Waals surface area contributed by atoms with E-state index in [2.05, 4.69) is 0 Å². The van der Waals surface area contributed by atoms with E-state index < -0.39 is 12.4 Å². The molecule has 0 saturated carbocycles. The van der Waals surface area contributed by atoms with E-state index in [0.717, 1.165) is 16.7 Å². The Hall–Kier alpha value is -3.48. The average Bonchev–Trinajstić information content (AvgIpc) is 3.27. The number of rotatable bonds is 5. The molecule has 7 nitrogen and oxygen atoms in total. The summed E-state index contributed by atoms with van der Waals surface area (Å²) in [7, 11) is 0. The Kier molecular flexibility index (Phi) is 6.58. The molecule has 0 spiro atoms. The fraction of sp³-hybridized carbons (Fsp3) is 0.385. The van der Waals surface area contributed by atoms with Gasteiger partial charge in [-0.3, -0.25) is 9.69 Å². The number of amides is 2. The first-order chi connectivity index (χ1) is 15.9. The zero-order chi connectivity index (χ0) is 23.5. The van der Waals surface area contributed by atoms with Crippen molar-refractivity contribution in [2.45, 2.75) is 52.9 Å². The van der Waals surface area contributed by atoms with E-state index in [9.17, 15) is 9.59 Å². The molecule has 0 aliphatic carbocycles. The number of carbonyl (C=O) groups is 2. The van der Waals surface area contributed by atoms with Crippen molar-refractivity contribution in [2.75, 3.05) is 23.0 Å². The van der Waals surface area contributed by atoms with Crippen molar-refractivity contribution in [1.82, 2.24) is 0 Å². The van der Waals surface area contributed by atoms with Gasteiger partial charge in [0.15, 0.2) is 0 Å². The minimum absolute atomic E-state index is 0.166. The second kappa shape index (κ2) is 9.57. The van der Waals surface area contributed by atoms with E-state index in [4.69, 9.17) is 14.2 Å². The van der Waals surface area contributed by atoms with Crippen LogP contribution < -0.4 is 9.80 Å². The van der Waals surface area contributed by atoms with Crippen LogP contribution in [0, 0.1) is 13.8 Å². The average molecular weight is 451 g/mol. The second-order valence-electron chi connectivity index (χ2n) is 8.33. The molecular weight excluding hydrogens is 420 g/mol. The molecule has 2 unspecified atom stereocenters. The molecule has 0 bridgehead atoms. The van der Waals surface area contributed by atoms with Crippen molar-refractivity contribution in [3.05, 3.63) is 71.2 Å². The third-order valence-corrected chi connectivity index (χ3v) is 6.12. The standard InChI is InChI=1S/C26H30N2O5/c1-5-20-15-27(21-12-17(3)18(4)13-22(21)28(20)26(30)31-6-2)25(29)23-16-32-24(33-23)14-19-10-8-7-9-11-19/h7-13,16,20,24H,5-6,14-15H2,1-4H3. The van der Waals surface area contributed by atoms with Crippen LogP contribution >= 0.6 is 0 Å². The van der Waals surface area contributed by atoms with Gasteiger partial charge in [0.2, 0.25) is 12.0 Å². The summed E-state index contributed by atoms with van der Waals surface area (Å²) in [6.45, 7) is 8.39. The molecule has 2 aromatic carbocycles. The van der Waals surface area contributed by atoms with Crippen LogP contribution in [0.4, 0.5) is 16.2 Å². The van der Waals surface area contributed by atoms with Gasteiger partial charge in [0, 0.05) is 13.0 Å². The molecule has 2 aliphatic rings. The number of fused-ring (bicyclic) bond motifs is 1. The summed E-state index contributed by atoms with van der Waals surface area (Å²) < 4.78 is 16.8. The van der Waals surface area contributed by atoms with E-state index in [1.54, 1.807) is 16.7 Å². The van der Waals surface area contributed by atoms with E-state index in [1.807, 2.05) is 63.2 Å². The predicted molar refractivity (Wildman–Crippen MR) is 126 cm³/mol. The fourth-order valence-corrected chi connectivity index (χ4v) is 4.19. The lowest BCUT2D eigenvalue weighted by atomic mass is 10.0. The zero-order valence-corrected chi connectivity index (χ0v) is 19.5. The Morgan fingerprint density at radius 1 is 1.06 bits per heavy atom. The van der Waals surface area contributed by atoms with E-state index in [1.165, 1.54) is 6.26 Å². The molecule has 0 fully saturated rings. The first kappa shape index (κ1) is 22.7. The van der Waals surface area contributed by atoms with Crippen molar-refractivity contribution in [2.24, 2.45) is 0 Å². The van der Waals surface area contributed by atoms with Crippen LogP contribution in [0.5, 0.6) is 0 Å². The Balaban J connectivity index is 1.61. The molecule has 4 rings (SSSR count). The van der Waals surface area contributed by atoms with Gasteiger partial charge >= 0.3 is 6.09 Å². The molecule has 2 aromatic rings. The van der Waals surface area contributed by atoms with Crippen molar-refractivity contribution in [1.29, 1.82) is 0 Å². The summed E-state index contributed by atoms with van der Waals surface area (Å²) in [6, 6.07) is 13.5. The fourth-order valence-electron chi connectivity index (χ4n) is 4.19. The number of hydrogen-bond donors (Lipinski definition) is 0. The van der Waals surface area contributed by atoms with Gasteiger partial charge in [-0.1, -0.05) is 37.3 Å². The van der Waals surface area contributed by atoms with Crippen molar-refractivity contribution < 1.29 is 23.8 Å². The maximum Gasteiger partial charge on any atom is 0.414 e. The summed E-state index contributed by atoms with van der Waals surface area (Å²) in [4.78, 5) is 29.7. The van der Waals surface area contributed by atoms with Crippen LogP contribution in [0.1, 0.15) is 37.0 Å². The lowest BCUT2D eigenvalue weighted by Crippen LogP contribution is -2.53. The minimum Gasteiger partial charge on any atom is -0.458 e. The largest absolute Gasteiger partial charge is 0.458 e. The van der Waals surface area contributed by atoms with Gasteiger partial charge in [-0.15, -0.1) is 0 Å². The van der Waals surface area contributed by atoms with Crippen molar-refractivity contribution in [3.8, 4) is 0 Å². The lowest BCUT2D eigenvalue weighted by Gasteiger charge is -2.41. The second-order valence-corrected chi connectivity index (χ2v) is 8.33. The molecular formula is C26H30N2O5. The molecule has 2 atom stereocenters. The van der Waals surface area contributed by atoms with Gasteiger partial charge in [-0.2, -0.15) is 0 Å².